The van der Waals surface area contributed by atoms with Gasteiger partial charge in [0.2, 0.25) is 5.91 Å². The maximum Gasteiger partial charge on any atom is 0.217 e. The van der Waals surface area contributed by atoms with Crippen LogP contribution in [0.2, 0.25) is 0 Å². The van der Waals surface area contributed by atoms with Gasteiger partial charge in [-0.15, -0.1) is 0 Å². The first kappa shape index (κ1) is 20.3. The summed E-state index contributed by atoms with van der Waals surface area (Å²) in [6, 6.07) is 0.356. The summed E-state index contributed by atoms with van der Waals surface area (Å²) < 4.78 is 0. The zero-order chi connectivity index (χ0) is 19.2. The van der Waals surface area contributed by atoms with Gasteiger partial charge < -0.3 is 10.2 Å². The topological polar surface area (TPSA) is 44.7 Å². The number of rotatable bonds is 3. The summed E-state index contributed by atoms with van der Waals surface area (Å²) in [7, 11) is 0. The Balaban J connectivity index is 2.58. The van der Waals surface area contributed by atoms with Crippen LogP contribution in [0.25, 0.3) is 0 Å². The number of hydrogen-bond acceptors (Lipinski definition) is 4. The van der Waals surface area contributed by atoms with Crippen molar-refractivity contribution in [3.05, 3.63) is 11.3 Å². The van der Waals surface area contributed by atoms with Gasteiger partial charge in [-0.3, -0.25) is 9.79 Å². The SMILES string of the molecule is CSC(C)C1=C2CC(NC(C)=O)CN2C(C(C)(C)C)=NC1C(C)(C)C. The van der Waals surface area contributed by atoms with Crippen molar-refractivity contribution in [3.8, 4) is 0 Å². The van der Waals surface area contributed by atoms with Crippen LogP contribution in [0.15, 0.2) is 16.3 Å². The van der Waals surface area contributed by atoms with Crippen LogP contribution in [0.4, 0.5) is 0 Å². The van der Waals surface area contributed by atoms with E-state index in [4.69, 9.17) is 4.99 Å². The molecule has 0 saturated carbocycles. The lowest BCUT2D eigenvalue weighted by Gasteiger charge is -2.43. The van der Waals surface area contributed by atoms with Crippen LogP contribution >= 0.6 is 11.8 Å². The van der Waals surface area contributed by atoms with Gasteiger partial charge in [-0.1, -0.05) is 41.5 Å². The second kappa shape index (κ2) is 6.98. The van der Waals surface area contributed by atoms with Crippen LogP contribution in [-0.2, 0) is 4.79 Å². The van der Waals surface area contributed by atoms with Crippen molar-refractivity contribution in [1.82, 2.24) is 10.2 Å². The summed E-state index contributed by atoms with van der Waals surface area (Å²) >= 11 is 1.88. The molecule has 0 aromatic heterocycles. The Morgan fingerprint density at radius 2 is 1.88 bits per heavy atom. The van der Waals surface area contributed by atoms with Gasteiger partial charge in [0.1, 0.15) is 5.84 Å². The Morgan fingerprint density at radius 1 is 1.28 bits per heavy atom. The van der Waals surface area contributed by atoms with E-state index in [1.165, 1.54) is 11.3 Å². The molecule has 1 fully saturated rings. The number of hydrogen-bond donors (Lipinski definition) is 1. The van der Waals surface area contributed by atoms with E-state index in [2.05, 4.69) is 64.9 Å². The van der Waals surface area contributed by atoms with E-state index in [9.17, 15) is 4.79 Å². The number of carbonyl (C=O) groups is 1. The molecule has 1 amide bonds. The minimum Gasteiger partial charge on any atom is -0.351 e. The Hall–Kier alpha value is -0.970. The first-order valence-corrected chi connectivity index (χ1v) is 10.5. The fraction of sp³-hybridized carbons (Fsp3) is 0.800. The van der Waals surface area contributed by atoms with Gasteiger partial charge in [0.25, 0.3) is 0 Å². The molecule has 4 nitrogen and oxygen atoms in total. The van der Waals surface area contributed by atoms with E-state index in [1.807, 2.05) is 11.8 Å². The molecule has 2 rings (SSSR count). The fourth-order valence-electron chi connectivity index (χ4n) is 3.87. The highest BCUT2D eigenvalue weighted by atomic mass is 32.2. The molecular formula is C20H35N3OS. The molecule has 0 radical (unpaired) electrons. The van der Waals surface area contributed by atoms with Crippen molar-refractivity contribution in [2.75, 3.05) is 12.8 Å². The number of thioether (sulfide) groups is 1. The summed E-state index contributed by atoms with van der Waals surface area (Å²) in [4.78, 5) is 19.3. The van der Waals surface area contributed by atoms with E-state index in [0.717, 1.165) is 18.8 Å². The van der Waals surface area contributed by atoms with E-state index >= 15 is 0 Å². The highest BCUT2D eigenvalue weighted by Gasteiger charge is 2.44. The van der Waals surface area contributed by atoms with Crippen LogP contribution in [0, 0.1) is 10.8 Å². The Labute approximate surface area is 157 Å². The summed E-state index contributed by atoms with van der Waals surface area (Å²) in [6.07, 6.45) is 3.08. The lowest BCUT2D eigenvalue weighted by molar-refractivity contribution is -0.119. The largest absolute Gasteiger partial charge is 0.351 e. The number of nitrogens with zero attached hydrogens (tertiary/aromatic N) is 2. The quantitative estimate of drug-likeness (QED) is 0.820. The lowest BCUT2D eigenvalue weighted by atomic mass is 9.78. The Kier molecular flexibility index (Phi) is 5.68. The van der Waals surface area contributed by atoms with E-state index in [1.54, 1.807) is 6.92 Å². The van der Waals surface area contributed by atoms with Crippen molar-refractivity contribution in [2.45, 2.75) is 79.1 Å². The van der Waals surface area contributed by atoms with E-state index in [0.29, 0.717) is 5.25 Å². The third-order valence-corrected chi connectivity index (χ3v) is 5.95. The second-order valence-corrected chi connectivity index (χ2v) is 10.6. The molecule has 0 aromatic carbocycles. The molecule has 1 saturated heterocycles. The minimum atomic E-state index is -0.0199. The molecule has 3 atom stereocenters. The normalized spacial score (nSPS) is 25.6. The molecular weight excluding hydrogens is 330 g/mol. The first-order chi connectivity index (χ1) is 11.4. The summed E-state index contributed by atoms with van der Waals surface area (Å²) in [6.45, 7) is 18.3. The van der Waals surface area contributed by atoms with Crippen LogP contribution in [0.1, 0.15) is 61.8 Å². The molecule has 0 aliphatic carbocycles. The third-order valence-electron chi connectivity index (χ3n) is 4.99. The Bertz CT molecular complexity index is 595. The maximum atomic E-state index is 11.6. The predicted molar refractivity (Wildman–Crippen MR) is 109 cm³/mol. The summed E-state index contributed by atoms with van der Waals surface area (Å²) in [5, 5.41) is 3.54. The van der Waals surface area contributed by atoms with Gasteiger partial charge in [0, 0.05) is 36.3 Å². The molecule has 0 aromatic rings. The highest BCUT2D eigenvalue weighted by Crippen LogP contribution is 2.44. The predicted octanol–water partition coefficient (Wildman–Crippen LogP) is 4.08. The van der Waals surface area contributed by atoms with E-state index < -0.39 is 0 Å². The second-order valence-electron chi connectivity index (χ2n) is 9.46. The van der Waals surface area contributed by atoms with Crippen molar-refractivity contribution in [1.29, 1.82) is 0 Å². The zero-order valence-corrected chi connectivity index (χ0v) is 18.2. The summed E-state index contributed by atoms with van der Waals surface area (Å²) in [5.41, 5.74) is 2.89. The fourth-order valence-corrected chi connectivity index (χ4v) is 4.39. The van der Waals surface area contributed by atoms with Crippen LogP contribution < -0.4 is 5.32 Å². The lowest BCUT2D eigenvalue weighted by Crippen LogP contribution is -2.47. The number of fused-ring (bicyclic) bond motifs is 1. The average Bonchev–Trinajstić information content (AvgIpc) is 2.84. The number of carbonyl (C=O) groups excluding carboxylic acids is 1. The Morgan fingerprint density at radius 3 is 2.32 bits per heavy atom. The molecule has 0 bridgehead atoms. The molecule has 2 heterocycles. The molecule has 2 aliphatic heterocycles. The zero-order valence-electron chi connectivity index (χ0n) is 17.4. The molecule has 1 N–H and O–H groups in total. The van der Waals surface area contributed by atoms with Gasteiger partial charge in [-0.25, -0.2) is 0 Å². The number of amidine groups is 1. The highest BCUT2D eigenvalue weighted by molar-refractivity contribution is 7.99. The van der Waals surface area contributed by atoms with Crippen LogP contribution in [0.5, 0.6) is 0 Å². The molecule has 5 heteroatoms. The van der Waals surface area contributed by atoms with Gasteiger partial charge in [-0.05, 0) is 24.2 Å². The van der Waals surface area contributed by atoms with Gasteiger partial charge >= 0.3 is 0 Å². The van der Waals surface area contributed by atoms with Crippen LogP contribution in [-0.4, -0.2) is 46.8 Å². The smallest absolute Gasteiger partial charge is 0.217 e. The average molecular weight is 366 g/mol. The standard InChI is InChI=1S/C20H35N3OS/c1-12(25-9)16-15-10-14(21-13(2)24)11-23(15)18(20(6,7)8)22-17(16)19(3,4)5/h12,14,17H,10-11H2,1-9H3,(H,21,24). The summed E-state index contributed by atoms with van der Waals surface area (Å²) in [5.74, 6) is 1.21. The molecule has 25 heavy (non-hydrogen) atoms. The van der Waals surface area contributed by atoms with Gasteiger partial charge in [0.15, 0.2) is 0 Å². The first-order valence-electron chi connectivity index (χ1n) is 9.25. The van der Waals surface area contributed by atoms with Crippen molar-refractivity contribution in [3.63, 3.8) is 0 Å². The number of nitrogens with one attached hydrogen (secondary N) is 1. The molecule has 0 spiro atoms. The minimum absolute atomic E-state index is 0.0199. The molecule has 2 aliphatic rings. The third kappa shape index (κ3) is 4.24. The monoisotopic (exact) mass is 365 g/mol. The van der Waals surface area contributed by atoms with Crippen molar-refractivity contribution in [2.24, 2.45) is 15.8 Å². The molecule has 3 unspecified atom stereocenters. The van der Waals surface area contributed by atoms with Gasteiger partial charge in [-0.2, -0.15) is 11.8 Å². The van der Waals surface area contributed by atoms with Crippen molar-refractivity contribution >= 4 is 23.5 Å². The number of amides is 1. The van der Waals surface area contributed by atoms with E-state index in [-0.39, 0.29) is 28.8 Å². The van der Waals surface area contributed by atoms with Crippen molar-refractivity contribution < 1.29 is 4.79 Å². The van der Waals surface area contributed by atoms with Crippen LogP contribution in [0.3, 0.4) is 0 Å². The maximum absolute atomic E-state index is 11.6. The number of aliphatic imine (C=N–C) groups is 1. The molecule has 142 valence electrons. The van der Waals surface area contributed by atoms with Gasteiger partial charge in [0.05, 0.1) is 12.1 Å².